The summed E-state index contributed by atoms with van der Waals surface area (Å²) in [5, 5.41) is 8.57. The predicted octanol–water partition coefficient (Wildman–Crippen LogP) is 4.28. The van der Waals surface area contributed by atoms with Crippen molar-refractivity contribution in [1.82, 2.24) is 15.5 Å². The Kier molecular flexibility index (Phi) is 10.8. The van der Waals surface area contributed by atoms with E-state index in [-0.39, 0.29) is 35.8 Å². The minimum Gasteiger partial charge on any atom is -0.484 e. The summed E-state index contributed by atoms with van der Waals surface area (Å²) in [5.41, 5.74) is 0.907. The fourth-order valence-electron chi connectivity index (χ4n) is 2.49. The number of halogens is 4. The van der Waals surface area contributed by atoms with Crippen LogP contribution in [0.2, 0.25) is 0 Å². The molecule has 0 radical (unpaired) electrons. The van der Waals surface area contributed by atoms with Crippen LogP contribution >= 0.6 is 35.3 Å². The fraction of sp³-hybridized carbons (Fsp3) is 0.421. The van der Waals surface area contributed by atoms with Crippen molar-refractivity contribution in [2.75, 3.05) is 34.3 Å². The van der Waals surface area contributed by atoms with Gasteiger partial charge in [0, 0.05) is 25.0 Å². The van der Waals surface area contributed by atoms with Crippen molar-refractivity contribution in [3.05, 3.63) is 52.2 Å². The van der Waals surface area contributed by atoms with Crippen LogP contribution in [0.4, 0.5) is 13.2 Å². The van der Waals surface area contributed by atoms with Gasteiger partial charge in [-0.2, -0.15) is 13.2 Å². The molecule has 0 aliphatic rings. The van der Waals surface area contributed by atoms with Crippen molar-refractivity contribution < 1.29 is 17.9 Å². The second kappa shape index (κ2) is 12.2. The molecule has 0 amide bonds. The molecular formula is C19H26F3IN4OS. The Labute approximate surface area is 190 Å². The molecule has 10 heteroatoms. The van der Waals surface area contributed by atoms with Crippen LogP contribution < -0.4 is 15.4 Å². The van der Waals surface area contributed by atoms with E-state index >= 15 is 0 Å². The quantitative estimate of drug-likeness (QED) is 0.297. The maximum Gasteiger partial charge on any atom is 0.422 e. The molecule has 1 aromatic heterocycles. The van der Waals surface area contributed by atoms with E-state index in [1.807, 2.05) is 20.2 Å². The zero-order chi connectivity index (χ0) is 20.6. The normalized spacial score (nSPS) is 13.0. The van der Waals surface area contributed by atoms with E-state index in [4.69, 9.17) is 4.74 Å². The van der Waals surface area contributed by atoms with Crippen LogP contribution in [-0.4, -0.2) is 51.3 Å². The Bertz CT molecular complexity index is 737. The number of guanidine groups is 1. The van der Waals surface area contributed by atoms with Crippen molar-refractivity contribution in [3.8, 4) is 5.75 Å². The molecule has 1 unspecified atom stereocenters. The van der Waals surface area contributed by atoms with Gasteiger partial charge < -0.3 is 20.3 Å². The number of hydrogen-bond acceptors (Lipinski definition) is 4. The summed E-state index contributed by atoms with van der Waals surface area (Å²) in [6.45, 7) is -0.110. The number of rotatable bonds is 8. The smallest absolute Gasteiger partial charge is 0.422 e. The van der Waals surface area contributed by atoms with Crippen molar-refractivity contribution in [2.45, 2.75) is 18.8 Å². The van der Waals surface area contributed by atoms with Crippen molar-refractivity contribution in [3.63, 3.8) is 0 Å². The van der Waals surface area contributed by atoms with E-state index in [1.54, 1.807) is 30.5 Å². The third-order valence-corrected chi connectivity index (χ3v) is 4.94. The number of benzene rings is 1. The standard InChI is InChI=1S/C19H25F3N4OS.HI/c1-23-18(25-12-16(26(2)3)17-5-4-10-28-17)24-11-14-6-8-15(9-7-14)27-13-19(20,21)22;/h4-10,16H,11-13H2,1-3H3,(H2,23,24,25);1H. The second-order valence-electron chi connectivity index (χ2n) is 6.35. The van der Waals surface area contributed by atoms with Gasteiger partial charge in [0.05, 0.1) is 6.04 Å². The molecule has 1 atom stereocenters. The first kappa shape index (κ1) is 25.5. The van der Waals surface area contributed by atoms with E-state index in [0.717, 1.165) is 5.56 Å². The van der Waals surface area contributed by atoms with Gasteiger partial charge in [-0.15, -0.1) is 35.3 Å². The van der Waals surface area contributed by atoms with Gasteiger partial charge in [-0.3, -0.25) is 4.99 Å². The van der Waals surface area contributed by atoms with Crippen LogP contribution in [0.15, 0.2) is 46.8 Å². The first-order valence-corrected chi connectivity index (χ1v) is 9.59. The summed E-state index contributed by atoms with van der Waals surface area (Å²) in [5.74, 6) is 0.842. The molecule has 162 valence electrons. The monoisotopic (exact) mass is 542 g/mol. The third-order valence-electron chi connectivity index (χ3n) is 3.97. The van der Waals surface area contributed by atoms with Gasteiger partial charge in [-0.1, -0.05) is 18.2 Å². The average molecular weight is 542 g/mol. The molecule has 1 aromatic carbocycles. The fourth-order valence-corrected chi connectivity index (χ4v) is 3.41. The minimum absolute atomic E-state index is 0. The molecule has 1 heterocycles. The number of alkyl halides is 3. The van der Waals surface area contributed by atoms with Crippen molar-refractivity contribution in [1.29, 1.82) is 0 Å². The van der Waals surface area contributed by atoms with Crippen molar-refractivity contribution in [2.24, 2.45) is 4.99 Å². The van der Waals surface area contributed by atoms with Gasteiger partial charge in [0.1, 0.15) is 5.75 Å². The molecule has 5 nitrogen and oxygen atoms in total. The molecule has 0 bridgehead atoms. The van der Waals surface area contributed by atoms with Gasteiger partial charge in [-0.05, 0) is 43.2 Å². The molecule has 0 saturated heterocycles. The van der Waals surface area contributed by atoms with Gasteiger partial charge in [0.25, 0.3) is 0 Å². The summed E-state index contributed by atoms with van der Waals surface area (Å²) in [7, 11) is 5.76. The first-order valence-electron chi connectivity index (χ1n) is 8.71. The van der Waals surface area contributed by atoms with E-state index in [9.17, 15) is 13.2 Å². The summed E-state index contributed by atoms with van der Waals surface area (Å²) >= 11 is 1.71. The Balaban J connectivity index is 0.00000420. The number of hydrogen-bond donors (Lipinski definition) is 2. The predicted molar refractivity (Wildman–Crippen MR) is 122 cm³/mol. The van der Waals surface area contributed by atoms with E-state index in [2.05, 4.69) is 32.0 Å². The number of nitrogens with zero attached hydrogens (tertiary/aromatic N) is 2. The third kappa shape index (κ3) is 9.22. The zero-order valence-electron chi connectivity index (χ0n) is 16.5. The highest BCUT2D eigenvalue weighted by molar-refractivity contribution is 14.0. The van der Waals surface area contributed by atoms with Crippen LogP contribution in [0.1, 0.15) is 16.5 Å². The van der Waals surface area contributed by atoms with Gasteiger partial charge in [0.2, 0.25) is 0 Å². The van der Waals surface area contributed by atoms with Crippen molar-refractivity contribution >= 4 is 41.3 Å². The maximum absolute atomic E-state index is 12.2. The lowest BCUT2D eigenvalue weighted by molar-refractivity contribution is -0.153. The molecule has 2 aromatic rings. The molecule has 29 heavy (non-hydrogen) atoms. The van der Waals surface area contributed by atoms with Crippen LogP contribution in [0, 0.1) is 0 Å². The number of aliphatic imine (C=N–C) groups is 1. The van der Waals surface area contributed by atoms with Crippen LogP contribution in [0.3, 0.4) is 0 Å². The number of likely N-dealkylation sites (N-methyl/N-ethyl adjacent to an activating group) is 1. The Morgan fingerprint density at radius 2 is 1.86 bits per heavy atom. The van der Waals surface area contributed by atoms with Crippen LogP contribution in [0.5, 0.6) is 5.75 Å². The molecule has 0 aliphatic heterocycles. The highest BCUT2D eigenvalue weighted by Crippen LogP contribution is 2.22. The number of nitrogens with one attached hydrogen (secondary N) is 2. The lowest BCUT2D eigenvalue weighted by Gasteiger charge is -2.24. The summed E-state index contributed by atoms with van der Waals surface area (Å²) in [4.78, 5) is 7.63. The lowest BCUT2D eigenvalue weighted by atomic mass is 10.2. The summed E-state index contributed by atoms with van der Waals surface area (Å²) in [6, 6.07) is 10.9. The van der Waals surface area contributed by atoms with E-state index in [1.165, 1.54) is 17.0 Å². The average Bonchev–Trinajstić information content (AvgIpc) is 3.17. The highest BCUT2D eigenvalue weighted by Gasteiger charge is 2.28. The topological polar surface area (TPSA) is 48.9 Å². The van der Waals surface area contributed by atoms with Crippen LogP contribution in [-0.2, 0) is 6.54 Å². The molecule has 0 saturated carbocycles. The Morgan fingerprint density at radius 1 is 1.17 bits per heavy atom. The van der Waals surface area contributed by atoms with E-state index < -0.39 is 12.8 Å². The summed E-state index contributed by atoms with van der Waals surface area (Å²) in [6.07, 6.45) is -4.34. The molecule has 0 spiro atoms. The lowest BCUT2D eigenvalue weighted by Crippen LogP contribution is -2.41. The molecule has 2 N–H and O–H groups in total. The Hall–Kier alpha value is -1.53. The summed E-state index contributed by atoms with van der Waals surface area (Å²) < 4.78 is 41.3. The second-order valence-corrected chi connectivity index (χ2v) is 7.33. The number of ether oxygens (including phenoxy) is 1. The molecule has 0 aliphatic carbocycles. The largest absolute Gasteiger partial charge is 0.484 e. The molecule has 0 fully saturated rings. The van der Waals surface area contributed by atoms with Gasteiger partial charge in [-0.25, -0.2) is 0 Å². The van der Waals surface area contributed by atoms with Gasteiger partial charge >= 0.3 is 6.18 Å². The molecular weight excluding hydrogens is 516 g/mol. The SMILES string of the molecule is CN=C(NCc1ccc(OCC(F)(F)F)cc1)NCC(c1cccs1)N(C)C.I. The number of thiophene rings is 1. The van der Waals surface area contributed by atoms with Crippen LogP contribution in [0.25, 0.3) is 0 Å². The Morgan fingerprint density at radius 3 is 2.38 bits per heavy atom. The highest BCUT2D eigenvalue weighted by atomic mass is 127. The zero-order valence-corrected chi connectivity index (χ0v) is 19.6. The molecule has 2 rings (SSSR count). The maximum atomic E-state index is 12.2. The van der Waals surface area contributed by atoms with Gasteiger partial charge in [0.15, 0.2) is 12.6 Å². The minimum atomic E-state index is -4.34. The first-order chi connectivity index (χ1) is 13.3. The van der Waals surface area contributed by atoms with E-state index in [0.29, 0.717) is 19.0 Å².